The highest BCUT2D eigenvalue weighted by atomic mass is 35.5. The summed E-state index contributed by atoms with van der Waals surface area (Å²) in [5.41, 5.74) is -0.0468. The van der Waals surface area contributed by atoms with Gasteiger partial charge in [-0.15, -0.1) is 0 Å². The molecule has 96 valence electrons. The lowest BCUT2D eigenvalue weighted by molar-refractivity contribution is 0.0905. The number of carbonyl (C=O) groups is 1. The van der Waals surface area contributed by atoms with E-state index in [4.69, 9.17) is 21.1 Å². The first-order valence-corrected chi connectivity index (χ1v) is 5.97. The molecule has 0 aliphatic heterocycles. The maximum Gasteiger partial charge on any atom is 0.287 e. The second-order valence-electron chi connectivity index (χ2n) is 4.78. The molecule has 0 fully saturated rings. The monoisotopic (exact) mass is 259 g/mol. The maximum absolute atomic E-state index is 11.7. The van der Waals surface area contributed by atoms with Gasteiger partial charge in [-0.05, 0) is 42.0 Å². The van der Waals surface area contributed by atoms with E-state index in [0.29, 0.717) is 6.54 Å². The number of halogens is 1. The number of hydrogen-bond donors (Lipinski definition) is 2. The second kappa shape index (κ2) is 6.07. The normalized spacial score (nSPS) is 11.5. The van der Waals surface area contributed by atoms with Crippen LogP contribution in [0.1, 0.15) is 37.2 Å². The molecule has 0 unspecified atom stereocenters. The van der Waals surface area contributed by atoms with Crippen molar-refractivity contribution in [2.45, 2.75) is 26.7 Å². The second-order valence-corrected chi connectivity index (χ2v) is 5.15. The minimum atomic E-state index is -0.269. The number of rotatable bonds is 6. The molecule has 5 heteroatoms. The van der Waals surface area contributed by atoms with Gasteiger partial charge < -0.3 is 14.8 Å². The van der Waals surface area contributed by atoms with Gasteiger partial charge in [-0.25, -0.2) is 0 Å². The first kappa shape index (κ1) is 14.1. The van der Waals surface area contributed by atoms with Crippen molar-refractivity contribution in [1.29, 1.82) is 0 Å². The Labute approximate surface area is 106 Å². The zero-order valence-corrected chi connectivity index (χ0v) is 10.9. The van der Waals surface area contributed by atoms with Crippen LogP contribution in [0.2, 0.25) is 5.22 Å². The van der Waals surface area contributed by atoms with Crippen LogP contribution in [0.5, 0.6) is 0 Å². The van der Waals surface area contributed by atoms with Gasteiger partial charge in [-0.1, -0.05) is 13.8 Å². The van der Waals surface area contributed by atoms with Crippen molar-refractivity contribution in [3.05, 3.63) is 23.1 Å². The van der Waals surface area contributed by atoms with E-state index in [1.165, 1.54) is 6.07 Å². The van der Waals surface area contributed by atoms with Gasteiger partial charge >= 0.3 is 0 Å². The first-order valence-electron chi connectivity index (χ1n) is 5.59. The summed E-state index contributed by atoms with van der Waals surface area (Å²) in [6.07, 6.45) is 1.58. The van der Waals surface area contributed by atoms with Crippen molar-refractivity contribution >= 4 is 17.5 Å². The van der Waals surface area contributed by atoms with E-state index in [1.807, 2.05) is 13.8 Å². The van der Waals surface area contributed by atoms with Crippen LogP contribution in [0.15, 0.2) is 16.5 Å². The average Bonchev–Trinajstić information content (AvgIpc) is 2.70. The smallest absolute Gasteiger partial charge is 0.287 e. The van der Waals surface area contributed by atoms with Crippen LogP contribution in [0, 0.1) is 5.41 Å². The molecule has 1 aromatic heterocycles. The van der Waals surface area contributed by atoms with Gasteiger partial charge in [-0.2, -0.15) is 0 Å². The summed E-state index contributed by atoms with van der Waals surface area (Å²) in [6, 6.07) is 3.08. The summed E-state index contributed by atoms with van der Waals surface area (Å²) in [5, 5.41) is 11.8. The molecule has 1 rings (SSSR count). The largest absolute Gasteiger partial charge is 0.440 e. The summed E-state index contributed by atoms with van der Waals surface area (Å²) >= 11 is 5.59. The Balaban J connectivity index is 2.42. The first-order chi connectivity index (χ1) is 7.94. The van der Waals surface area contributed by atoms with Crippen LogP contribution in [-0.4, -0.2) is 24.2 Å². The van der Waals surface area contributed by atoms with E-state index in [9.17, 15) is 4.79 Å². The molecule has 0 aromatic carbocycles. The minimum Gasteiger partial charge on any atom is -0.440 e. The third-order valence-corrected chi connectivity index (χ3v) is 2.74. The van der Waals surface area contributed by atoms with Crippen LogP contribution < -0.4 is 5.32 Å². The van der Waals surface area contributed by atoms with Gasteiger partial charge in [0, 0.05) is 13.2 Å². The molecule has 1 heterocycles. The number of aliphatic hydroxyl groups excluding tert-OH is 1. The number of furan rings is 1. The van der Waals surface area contributed by atoms with Crippen molar-refractivity contribution in [2.75, 3.05) is 13.2 Å². The molecule has 1 aromatic rings. The van der Waals surface area contributed by atoms with E-state index in [0.717, 1.165) is 12.8 Å². The van der Waals surface area contributed by atoms with Crippen LogP contribution in [-0.2, 0) is 0 Å². The van der Waals surface area contributed by atoms with Crippen LogP contribution in [0.25, 0.3) is 0 Å². The van der Waals surface area contributed by atoms with Crippen molar-refractivity contribution < 1.29 is 14.3 Å². The molecule has 0 aliphatic carbocycles. The third-order valence-electron chi connectivity index (χ3n) is 2.54. The molecule has 4 nitrogen and oxygen atoms in total. The van der Waals surface area contributed by atoms with E-state index < -0.39 is 0 Å². The predicted octanol–water partition coefficient (Wildman–Crippen LogP) is 2.46. The predicted molar refractivity (Wildman–Crippen MR) is 66.2 cm³/mol. The summed E-state index contributed by atoms with van der Waals surface area (Å²) in [6.45, 7) is 4.78. The van der Waals surface area contributed by atoms with E-state index in [-0.39, 0.29) is 28.9 Å². The Morgan fingerprint density at radius 3 is 2.76 bits per heavy atom. The Bertz CT molecular complexity index is 374. The molecule has 0 aliphatic rings. The quantitative estimate of drug-likeness (QED) is 0.825. The molecule has 0 radical (unpaired) electrons. The van der Waals surface area contributed by atoms with Gasteiger partial charge in [0.25, 0.3) is 5.91 Å². The lowest BCUT2D eigenvalue weighted by Gasteiger charge is -2.24. The van der Waals surface area contributed by atoms with E-state index in [2.05, 4.69) is 5.32 Å². The fourth-order valence-electron chi connectivity index (χ4n) is 1.49. The fraction of sp³-hybridized carbons (Fsp3) is 0.583. The molecule has 1 amide bonds. The highest BCUT2D eigenvalue weighted by Crippen LogP contribution is 2.21. The highest BCUT2D eigenvalue weighted by Gasteiger charge is 2.19. The van der Waals surface area contributed by atoms with Gasteiger partial charge in [0.05, 0.1) is 0 Å². The number of amides is 1. The topological polar surface area (TPSA) is 62.5 Å². The van der Waals surface area contributed by atoms with E-state index in [1.54, 1.807) is 6.07 Å². The molecule has 0 saturated carbocycles. The Morgan fingerprint density at radius 2 is 2.24 bits per heavy atom. The standard InChI is InChI=1S/C12H18ClNO3/c1-12(2,6-3-7-15)8-14-11(16)9-4-5-10(13)17-9/h4-5,15H,3,6-8H2,1-2H3,(H,14,16). The van der Waals surface area contributed by atoms with Crippen molar-refractivity contribution in [2.24, 2.45) is 5.41 Å². The summed E-state index contributed by atoms with van der Waals surface area (Å²) < 4.78 is 5.01. The minimum absolute atomic E-state index is 0.0468. The van der Waals surface area contributed by atoms with Gasteiger partial charge in [0.15, 0.2) is 11.0 Å². The fourth-order valence-corrected chi connectivity index (χ4v) is 1.64. The molecular formula is C12H18ClNO3. The lowest BCUT2D eigenvalue weighted by Crippen LogP contribution is -2.33. The molecule has 2 N–H and O–H groups in total. The number of nitrogens with one attached hydrogen (secondary N) is 1. The summed E-state index contributed by atoms with van der Waals surface area (Å²) in [5.74, 6) is -0.0538. The van der Waals surface area contributed by atoms with Gasteiger partial charge in [0.1, 0.15) is 0 Å². The highest BCUT2D eigenvalue weighted by molar-refractivity contribution is 6.29. The van der Waals surface area contributed by atoms with Crippen LogP contribution in [0.3, 0.4) is 0 Å². The number of carbonyl (C=O) groups excluding carboxylic acids is 1. The molecule has 17 heavy (non-hydrogen) atoms. The average molecular weight is 260 g/mol. The number of aliphatic hydroxyl groups is 1. The van der Waals surface area contributed by atoms with Crippen LogP contribution >= 0.6 is 11.6 Å². The zero-order valence-electron chi connectivity index (χ0n) is 10.1. The van der Waals surface area contributed by atoms with Crippen molar-refractivity contribution in [3.63, 3.8) is 0 Å². The lowest BCUT2D eigenvalue weighted by atomic mass is 9.88. The van der Waals surface area contributed by atoms with Gasteiger partial charge in [0.2, 0.25) is 0 Å². The van der Waals surface area contributed by atoms with E-state index >= 15 is 0 Å². The molecule has 0 atom stereocenters. The molecule has 0 spiro atoms. The maximum atomic E-state index is 11.7. The SMILES string of the molecule is CC(C)(CCCO)CNC(=O)c1ccc(Cl)o1. The Kier molecular flexibility index (Phi) is 5.02. The van der Waals surface area contributed by atoms with Crippen molar-refractivity contribution in [3.8, 4) is 0 Å². The Hall–Kier alpha value is -1.00. The molecular weight excluding hydrogens is 242 g/mol. The third kappa shape index (κ3) is 4.79. The molecule has 0 saturated heterocycles. The summed E-state index contributed by atoms with van der Waals surface area (Å²) in [4.78, 5) is 11.7. The zero-order chi connectivity index (χ0) is 12.9. The summed E-state index contributed by atoms with van der Waals surface area (Å²) in [7, 11) is 0. The van der Waals surface area contributed by atoms with Crippen LogP contribution in [0.4, 0.5) is 0 Å². The molecule has 0 bridgehead atoms. The van der Waals surface area contributed by atoms with Crippen molar-refractivity contribution in [1.82, 2.24) is 5.32 Å². The van der Waals surface area contributed by atoms with Gasteiger partial charge in [-0.3, -0.25) is 4.79 Å². The Morgan fingerprint density at radius 1 is 1.53 bits per heavy atom. The number of hydrogen-bond acceptors (Lipinski definition) is 3.